The first-order valence-electron chi connectivity index (χ1n) is 6.52. The van der Waals surface area contributed by atoms with Gasteiger partial charge in [-0.3, -0.25) is 0 Å². The highest BCUT2D eigenvalue weighted by molar-refractivity contribution is 14.1. The first-order chi connectivity index (χ1) is 12.2. The largest absolute Gasteiger partial charge is 0.451 e. The highest BCUT2D eigenvalue weighted by Gasteiger charge is 2.43. The quantitative estimate of drug-likeness (QED) is 0.240. The molecule has 0 unspecified atom stereocenters. The zero-order chi connectivity index (χ0) is 20.7. The van der Waals surface area contributed by atoms with Crippen LogP contribution in [0.2, 0.25) is 10.0 Å². The Morgan fingerprint density at radius 3 is 1.96 bits per heavy atom. The summed E-state index contributed by atoms with van der Waals surface area (Å²) in [4.78, 5) is 9.06. The summed E-state index contributed by atoms with van der Waals surface area (Å²) in [5.74, 6) is -4.11. The molecule has 4 N–H and O–H groups in total. The van der Waals surface area contributed by atoms with Crippen molar-refractivity contribution in [1.82, 2.24) is 9.97 Å². The van der Waals surface area contributed by atoms with Crippen molar-refractivity contribution in [2.24, 2.45) is 10.7 Å². The van der Waals surface area contributed by atoms with Crippen LogP contribution in [0.25, 0.3) is 0 Å². The number of nitrogen functional groups attached to an aromatic ring is 1. The van der Waals surface area contributed by atoms with E-state index >= 15 is 0 Å². The Bertz CT molecular complexity index is 906. The van der Waals surface area contributed by atoms with Crippen LogP contribution in [0, 0.1) is 3.57 Å². The van der Waals surface area contributed by atoms with Crippen LogP contribution >= 0.6 is 45.8 Å². The molecule has 1 heterocycles. The summed E-state index contributed by atoms with van der Waals surface area (Å²) in [6.07, 6.45) is -10.6. The maximum absolute atomic E-state index is 13.2. The minimum atomic E-state index is -5.31. The summed E-state index contributed by atoms with van der Waals surface area (Å²) in [7, 11) is 0. The number of nitrogens with two attached hydrogens (primary N) is 2. The first-order valence-corrected chi connectivity index (χ1v) is 8.36. The normalized spacial score (nSPS) is 13.1. The highest BCUT2D eigenvalue weighted by Crippen LogP contribution is 2.38. The van der Waals surface area contributed by atoms with Gasteiger partial charge in [0.2, 0.25) is 5.82 Å². The third kappa shape index (κ3) is 4.85. The van der Waals surface area contributed by atoms with Crippen LogP contribution in [0.3, 0.4) is 0 Å². The number of alkyl halides is 6. The fourth-order valence-corrected chi connectivity index (χ4v) is 3.44. The van der Waals surface area contributed by atoms with Gasteiger partial charge in [0.25, 0.3) is 0 Å². The fraction of sp³-hybridized carbons (Fsp3) is 0.154. The van der Waals surface area contributed by atoms with Crippen molar-refractivity contribution in [3.05, 3.63) is 42.8 Å². The number of anilines is 1. The molecule has 1 aromatic carbocycles. The van der Waals surface area contributed by atoms with E-state index in [4.69, 9.17) is 34.7 Å². The molecule has 27 heavy (non-hydrogen) atoms. The molecule has 0 radical (unpaired) electrons. The summed E-state index contributed by atoms with van der Waals surface area (Å²) in [5, 5.41) is -0.0929. The van der Waals surface area contributed by atoms with Gasteiger partial charge in [-0.2, -0.15) is 26.3 Å². The van der Waals surface area contributed by atoms with Crippen LogP contribution in [0.5, 0.6) is 0 Å². The van der Waals surface area contributed by atoms with Gasteiger partial charge in [0, 0.05) is 3.57 Å². The van der Waals surface area contributed by atoms with E-state index in [1.165, 1.54) is 12.1 Å². The zero-order valence-electron chi connectivity index (χ0n) is 12.6. The molecule has 0 amide bonds. The number of aromatic nitrogens is 2. The summed E-state index contributed by atoms with van der Waals surface area (Å²) >= 11 is 13.8. The van der Waals surface area contributed by atoms with E-state index in [1.807, 2.05) is 22.6 Å². The van der Waals surface area contributed by atoms with Crippen molar-refractivity contribution in [3.63, 3.8) is 0 Å². The maximum atomic E-state index is 13.2. The molecule has 0 aliphatic rings. The van der Waals surface area contributed by atoms with E-state index in [2.05, 4.69) is 15.0 Å². The lowest BCUT2D eigenvalue weighted by molar-refractivity contribution is -0.152. The Hall–Kier alpha value is -1.54. The number of rotatable bonds is 2. The van der Waals surface area contributed by atoms with Crippen molar-refractivity contribution in [1.29, 1.82) is 0 Å². The molecule has 2 rings (SSSR count). The number of benzene rings is 1. The number of nitrogens with zero attached hydrogens (tertiary/aromatic N) is 3. The molecule has 0 saturated heterocycles. The number of hydrogen-bond donors (Lipinski definition) is 2. The van der Waals surface area contributed by atoms with E-state index in [1.54, 1.807) is 0 Å². The standard InChI is InChI=1S/C13H6Cl2F6IN5/c14-4-1-3(22)2-5(15)7(4)25-9(23)6-8(12(16,17)18)26-11(13(19,20)21)27-10(6)24/h1-2H,(H2,23,25)(H2,24,26,27). The molecular formula is C13H6Cl2F6IN5. The lowest BCUT2D eigenvalue weighted by Gasteiger charge is -2.16. The third-order valence-corrected chi connectivity index (χ3v) is 4.13. The summed E-state index contributed by atoms with van der Waals surface area (Å²) in [5.41, 5.74) is 7.56. The van der Waals surface area contributed by atoms with Crippen LogP contribution in [0.15, 0.2) is 17.1 Å². The van der Waals surface area contributed by atoms with Gasteiger partial charge in [-0.1, -0.05) is 23.2 Å². The summed E-state index contributed by atoms with van der Waals surface area (Å²) in [6.45, 7) is 0. The molecule has 0 bridgehead atoms. The molecule has 2 aromatic rings. The predicted molar refractivity (Wildman–Crippen MR) is 96.0 cm³/mol. The lowest BCUT2D eigenvalue weighted by atomic mass is 10.1. The maximum Gasteiger partial charge on any atom is 0.451 e. The topological polar surface area (TPSA) is 90.2 Å². The molecule has 14 heteroatoms. The molecule has 0 aliphatic carbocycles. The molecule has 0 saturated carbocycles. The van der Waals surface area contributed by atoms with Gasteiger partial charge in [0.15, 0.2) is 5.69 Å². The number of amidine groups is 1. The molecular weight excluding hydrogens is 538 g/mol. The zero-order valence-corrected chi connectivity index (χ0v) is 16.2. The Morgan fingerprint density at radius 1 is 1.00 bits per heavy atom. The molecule has 1 aromatic heterocycles. The lowest BCUT2D eigenvalue weighted by Crippen LogP contribution is -2.27. The van der Waals surface area contributed by atoms with E-state index in [0.717, 1.165) is 0 Å². The van der Waals surface area contributed by atoms with Gasteiger partial charge in [-0.05, 0) is 34.7 Å². The number of halogens is 9. The number of hydrogen-bond acceptors (Lipinski definition) is 4. The molecule has 5 nitrogen and oxygen atoms in total. The second-order valence-corrected chi connectivity index (χ2v) is 6.93. The molecule has 0 aliphatic heterocycles. The van der Waals surface area contributed by atoms with E-state index in [9.17, 15) is 26.3 Å². The van der Waals surface area contributed by atoms with E-state index in [0.29, 0.717) is 3.57 Å². The smallest absolute Gasteiger partial charge is 0.383 e. The van der Waals surface area contributed by atoms with Crippen LogP contribution < -0.4 is 11.5 Å². The second-order valence-electron chi connectivity index (χ2n) is 4.87. The van der Waals surface area contributed by atoms with Crippen molar-refractivity contribution < 1.29 is 26.3 Å². The summed E-state index contributed by atoms with van der Waals surface area (Å²) in [6, 6.07) is 2.80. The SMILES string of the molecule is NC(=Nc1c(Cl)cc(I)cc1Cl)c1c(N)nc(C(F)(F)F)nc1C(F)(F)F. The van der Waals surface area contributed by atoms with Crippen molar-refractivity contribution >= 4 is 63.1 Å². The van der Waals surface area contributed by atoms with Gasteiger partial charge in [-0.25, -0.2) is 15.0 Å². The minimum absolute atomic E-state index is 0.0465. The van der Waals surface area contributed by atoms with E-state index < -0.39 is 41.1 Å². The minimum Gasteiger partial charge on any atom is -0.383 e. The van der Waals surface area contributed by atoms with Crippen LogP contribution in [-0.2, 0) is 12.4 Å². The first kappa shape index (κ1) is 21.8. The van der Waals surface area contributed by atoms with Crippen molar-refractivity contribution in [3.8, 4) is 0 Å². The Kier molecular flexibility index (Phi) is 6.02. The second kappa shape index (κ2) is 7.47. The van der Waals surface area contributed by atoms with Crippen LogP contribution in [0.4, 0.5) is 37.8 Å². The van der Waals surface area contributed by atoms with Gasteiger partial charge in [0.1, 0.15) is 17.3 Å². The average Bonchev–Trinajstić information content (AvgIpc) is 2.47. The Labute approximate surface area is 170 Å². The molecule has 0 fully saturated rings. The summed E-state index contributed by atoms with van der Waals surface area (Å²) < 4.78 is 78.4. The van der Waals surface area contributed by atoms with Gasteiger partial charge in [0.05, 0.1) is 15.6 Å². The molecule has 0 atom stereocenters. The average molecular weight is 544 g/mol. The van der Waals surface area contributed by atoms with E-state index in [-0.39, 0.29) is 15.7 Å². The third-order valence-electron chi connectivity index (χ3n) is 2.93. The van der Waals surface area contributed by atoms with Crippen LogP contribution in [-0.4, -0.2) is 15.8 Å². The van der Waals surface area contributed by atoms with Crippen molar-refractivity contribution in [2.75, 3.05) is 5.73 Å². The predicted octanol–water partition coefficient (Wildman–Crippen LogP) is 5.04. The van der Waals surface area contributed by atoms with Gasteiger partial charge in [-0.15, -0.1) is 0 Å². The van der Waals surface area contributed by atoms with Crippen molar-refractivity contribution in [2.45, 2.75) is 12.4 Å². The molecule has 0 spiro atoms. The van der Waals surface area contributed by atoms with Gasteiger partial charge < -0.3 is 11.5 Å². The van der Waals surface area contributed by atoms with Gasteiger partial charge >= 0.3 is 12.4 Å². The monoisotopic (exact) mass is 543 g/mol. The Balaban J connectivity index is 2.74. The van der Waals surface area contributed by atoms with Crippen LogP contribution in [0.1, 0.15) is 17.1 Å². The fourth-order valence-electron chi connectivity index (χ4n) is 1.88. The highest BCUT2D eigenvalue weighted by atomic mass is 127. The molecule has 146 valence electrons. The Morgan fingerprint density at radius 2 is 1.52 bits per heavy atom. The number of aliphatic imine (C=N–C) groups is 1.